The third-order valence-electron chi connectivity index (χ3n) is 2.86. The lowest BCUT2D eigenvalue weighted by Crippen LogP contribution is -2.01. The molecule has 1 aromatic carbocycles. The predicted molar refractivity (Wildman–Crippen MR) is 69.8 cm³/mol. The highest BCUT2D eigenvalue weighted by Crippen LogP contribution is 2.24. The Bertz CT molecular complexity index is 779. The first-order valence-electron chi connectivity index (χ1n) is 5.60. The first-order chi connectivity index (χ1) is 9.18. The van der Waals surface area contributed by atoms with E-state index in [0.29, 0.717) is 22.7 Å². The van der Waals surface area contributed by atoms with E-state index in [4.69, 9.17) is 5.73 Å². The molecule has 0 aliphatic rings. The zero-order chi connectivity index (χ0) is 13.4. The average Bonchev–Trinajstić information content (AvgIpc) is 2.84. The standard InChI is InChI=1S/C13H10N4O2/c14-10-6-3-7-17-11(15-16-12(10)17)8-4-1-2-5-9(8)13(18)19/h1-7H,14H2,(H,18,19). The van der Waals surface area contributed by atoms with Gasteiger partial charge in [-0.2, -0.15) is 0 Å². The van der Waals surface area contributed by atoms with Crippen LogP contribution < -0.4 is 5.73 Å². The average molecular weight is 254 g/mol. The number of aromatic nitrogens is 3. The van der Waals surface area contributed by atoms with Gasteiger partial charge in [0.15, 0.2) is 11.5 Å². The predicted octanol–water partition coefficient (Wildman–Crippen LogP) is 1.68. The van der Waals surface area contributed by atoms with Crippen molar-refractivity contribution in [3.8, 4) is 11.4 Å². The molecule has 0 spiro atoms. The largest absolute Gasteiger partial charge is 0.478 e. The summed E-state index contributed by atoms with van der Waals surface area (Å²) in [4.78, 5) is 11.2. The maximum atomic E-state index is 11.2. The Hall–Kier alpha value is -2.89. The molecule has 0 saturated heterocycles. The van der Waals surface area contributed by atoms with Crippen LogP contribution in [0.2, 0.25) is 0 Å². The van der Waals surface area contributed by atoms with E-state index in [9.17, 15) is 9.90 Å². The van der Waals surface area contributed by atoms with Gasteiger partial charge in [0.2, 0.25) is 0 Å². The molecule has 0 unspecified atom stereocenters. The van der Waals surface area contributed by atoms with Crippen molar-refractivity contribution >= 4 is 17.3 Å². The fourth-order valence-corrected chi connectivity index (χ4v) is 1.98. The van der Waals surface area contributed by atoms with Crippen molar-refractivity contribution in [2.24, 2.45) is 0 Å². The van der Waals surface area contributed by atoms with Crippen LogP contribution in [-0.4, -0.2) is 25.7 Å². The molecule has 0 aliphatic carbocycles. The molecular formula is C13H10N4O2. The van der Waals surface area contributed by atoms with Gasteiger partial charge in [-0.1, -0.05) is 18.2 Å². The molecule has 0 bridgehead atoms. The molecule has 94 valence electrons. The summed E-state index contributed by atoms with van der Waals surface area (Å²) in [7, 11) is 0. The summed E-state index contributed by atoms with van der Waals surface area (Å²) in [5.74, 6) is -0.545. The Morgan fingerprint density at radius 2 is 1.95 bits per heavy atom. The van der Waals surface area contributed by atoms with Crippen LogP contribution in [-0.2, 0) is 0 Å². The molecule has 3 aromatic rings. The number of fused-ring (bicyclic) bond motifs is 1. The van der Waals surface area contributed by atoms with E-state index in [1.165, 1.54) is 6.07 Å². The van der Waals surface area contributed by atoms with Crippen LogP contribution in [0.1, 0.15) is 10.4 Å². The topological polar surface area (TPSA) is 93.5 Å². The molecule has 3 rings (SSSR count). The second-order valence-electron chi connectivity index (χ2n) is 4.03. The van der Waals surface area contributed by atoms with E-state index in [2.05, 4.69) is 10.2 Å². The zero-order valence-corrected chi connectivity index (χ0v) is 9.82. The van der Waals surface area contributed by atoms with Crippen molar-refractivity contribution in [2.45, 2.75) is 0 Å². The molecule has 2 heterocycles. The van der Waals surface area contributed by atoms with E-state index in [1.807, 2.05) is 0 Å². The van der Waals surface area contributed by atoms with Crippen molar-refractivity contribution in [1.82, 2.24) is 14.6 Å². The number of carboxylic acid groups (broad SMARTS) is 1. The van der Waals surface area contributed by atoms with Gasteiger partial charge in [-0.25, -0.2) is 4.79 Å². The van der Waals surface area contributed by atoms with Gasteiger partial charge in [0.1, 0.15) is 0 Å². The third kappa shape index (κ3) is 1.70. The normalized spacial score (nSPS) is 10.7. The molecule has 0 radical (unpaired) electrons. The number of hydrogen-bond acceptors (Lipinski definition) is 4. The van der Waals surface area contributed by atoms with Crippen molar-refractivity contribution in [3.05, 3.63) is 48.2 Å². The van der Waals surface area contributed by atoms with Gasteiger partial charge >= 0.3 is 5.97 Å². The fourth-order valence-electron chi connectivity index (χ4n) is 1.98. The van der Waals surface area contributed by atoms with Gasteiger partial charge in [0.05, 0.1) is 11.3 Å². The maximum Gasteiger partial charge on any atom is 0.336 e. The second-order valence-corrected chi connectivity index (χ2v) is 4.03. The van der Waals surface area contributed by atoms with Gasteiger partial charge in [-0.15, -0.1) is 10.2 Å². The van der Waals surface area contributed by atoms with Gasteiger partial charge in [-0.3, -0.25) is 4.40 Å². The van der Waals surface area contributed by atoms with Gasteiger partial charge in [0, 0.05) is 11.8 Å². The Labute approximate surface area is 108 Å². The summed E-state index contributed by atoms with van der Waals surface area (Å²) in [5.41, 5.74) is 7.50. The van der Waals surface area contributed by atoms with E-state index >= 15 is 0 Å². The highest BCUT2D eigenvalue weighted by Gasteiger charge is 2.16. The smallest absolute Gasteiger partial charge is 0.336 e. The minimum Gasteiger partial charge on any atom is -0.478 e. The van der Waals surface area contributed by atoms with Crippen molar-refractivity contribution < 1.29 is 9.90 Å². The molecule has 0 aliphatic heterocycles. The fraction of sp³-hybridized carbons (Fsp3) is 0. The first kappa shape index (κ1) is 11.2. The number of rotatable bonds is 2. The molecule has 0 atom stereocenters. The minimum absolute atomic E-state index is 0.180. The molecule has 6 heteroatoms. The molecule has 3 N–H and O–H groups in total. The number of carboxylic acids is 1. The Morgan fingerprint density at radius 3 is 2.74 bits per heavy atom. The molecule has 2 aromatic heterocycles. The summed E-state index contributed by atoms with van der Waals surface area (Å²) in [6, 6.07) is 10.1. The number of nitrogens with zero attached hydrogens (tertiary/aromatic N) is 3. The number of pyridine rings is 1. The lowest BCUT2D eigenvalue weighted by molar-refractivity contribution is 0.0697. The van der Waals surface area contributed by atoms with E-state index in [0.717, 1.165) is 0 Å². The van der Waals surface area contributed by atoms with Crippen LogP contribution in [0.3, 0.4) is 0 Å². The Kier molecular flexibility index (Phi) is 2.42. The van der Waals surface area contributed by atoms with Crippen molar-refractivity contribution in [2.75, 3.05) is 5.73 Å². The number of carbonyl (C=O) groups is 1. The number of benzene rings is 1. The van der Waals surface area contributed by atoms with Gasteiger partial charge < -0.3 is 10.8 Å². The highest BCUT2D eigenvalue weighted by atomic mass is 16.4. The summed E-state index contributed by atoms with van der Waals surface area (Å²) in [5, 5.41) is 17.2. The van der Waals surface area contributed by atoms with E-state index < -0.39 is 5.97 Å². The number of nitrogens with two attached hydrogens (primary N) is 1. The highest BCUT2D eigenvalue weighted by molar-refractivity contribution is 5.95. The van der Waals surface area contributed by atoms with Crippen LogP contribution >= 0.6 is 0 Å². The van der Waals surface area contributed by atoms with Gasteiger partial charge in [-0.05, 0) is 18.2 Å². The quantitative estimate of drug-likeness (QED) is 0.725. The maximum absolute atomic E-state index is 11.2. The lowest BCUT2D eigenvalue weighted by Gasteiger charge is -2.04. The Morgan fingerprint density at radius 1 is 1.16 bits per heavy atom. The minimum atomic E-state index is -1.00. The van der Waals surface area contributed by atoms with E-state index in [1.54, 1.807) is 40.9 Å². The summed E-state index contributed by atoms with van der Waals surface area (Å²) >= 11 is 0. The summed E-state index contributed by atoms with van der Waals surface area (Å²) < 4.78 is 1.68. The van der Waals surface area contributed by atoms with Gasteiger partial charge in [0.25, 0.3) is 0 Å². The molecule has 6 nitrogen and oxygen atoms in total. The number of nitrogen functional groups attached to an aromatic ring is 1. The molecule has 0 saturated carbocycles. The van der Waals surface area contributed by atoms with E-state index in [-0.39, 0.29) is 5.56 Å². The zero-order valence-electron chi connectivity index (χ0n) is 9.82. The van der Waals surface area contributed by atoms with Crippen molar-refractivity contribution in [3.63, 3.8) is 0 Å². The van der Waals surface area contributed by atoms with Crippen molar-refractivity contribution in [1.29, 1.82) is 0 Å². The number of hydrogen-bond donors (Lipinski definition) is 2. The summed E-state index contributed by atoms with van der Waals surface area (Å²) in [6.07, 6.45) is 1.75. The second kappa shape index (κ2) is 4.09. The first-order valence-corrected chi connectivity index (χ1v) is 5.60. The van der Waals surface area contributed by atoms with Crippen LogP contribution in [0, 0.1) is 0 Å². The molecule has 0 fully saturated rings. The van der Waals surface area contributed by atoms with Crippen LogP contribution in [0.25, 0.3) is 17.0 Å². The van der Waals surface area contributed by atoms with Crippen LogP contribution in [0.5, 0.6) is 0 Å². The Balaban J connectivity index is 2.32. The number of aromatic carboxylic acids is 1. The lowest BCUT2D eigenvalue weighted by atomic mass is 10.1. The monoisotopic (exact) mass is 254 g/mol. The molecule has 19 heavy (non-hydrogen) atoms. The SMILES string of the molecule is Nc1cccn2c(-c3ccccc3C(=O)O)nnc12. The summed E-state index contributed by atoms with van der Waals surface area (Å²) in [6.45, 7) is 0. The third-order valence-corrected chi connectivity index (χ3v) is 2.86. The van der Waals surface area contributed by atoms with Crippen LogP contribution in [0.15, 0.2) is 42.6 Å². The number of anilines is 1. The molecule has 0 amide bonds. The van der Waals surface area contributed by atoms with Crippen LogP contribution in [0.4, 0.5) is 5.69 Å². The molecular weight excluding hydrogens is 244 g/mol.